The van der Waals surface area contributed by atoms with Gasteiger partial charge in [-0.2, -0.15) is 5.10 Å². The minimum absolute atomic E-state index is 0.240. The third kappa shape index (κ3) is 1.82. The van der Waals surface area contributed by atoms with Crippen LogP contribution in [0.4, 0.5) is 0 Å². The van der Waals surface area contributed by atoms with E-state index in [0.717, 1.165) is 33.7 Å². The van der Waals surface area contributed by atoms with Crippen LogP contribution in [0.15, 0.2) is 30.3 Å². The molecule has 2 aromatic carbocycles. The topological polar surface area (TPSA) is 45.5 Å². The number of methoxy groups -OCH3 is 1. The molecule has 5 nitrogen and oxygen atoms in total. The number of nitrogens with zero attached hydrogens (tertiary/aromatic N) is 2. The predicted molar refractivity (Wildman–Crippen MR) is 83.6 cm³/mol. The smallest absolute Gasteiger partial charge is 0.231 e. The highest BCUT2D eigenvalue weighted by atomic mass is 16.7. The number of aryl methyl sites for hydroxylation is 2. The van der Waals surface area contributed by atoms with Crippen molar-refractivity contribution in [2.45, 2.75) is 6.92 Å². The second kappa shape index (κ2) is 4.66. The van der Waals surface area contributed by atoms with Crippen molar-refractivity contribution in [3.05, 3.63) is 35.9 Å². The zero-order chi connectivity index (χ0) is 15.3. The normalized spacial score (nSPS) is 12.9. The molecular weight excluding hydrogens is 280 g/mol. The Morgan fingerprint density at radius 1 is 1.14 bits per heavy atom. The van der Waals surface area contributed by atoms with Crippen molar-refractivity contribution >= 4 is 10.9 Å². The molecule has 0 saturated heterocycles. The molecule has 5 heteroatoms. The highest BCUT2D eigenvalue weighted by molar-refractivity contribution is 5.95. The third-order valence-corrected chi connectivity index (χ3v) is 3.96. The van der Waals surface area contributed by atoms with Crippen LogP contribution in [0.2, 0.25) is 0 Å². The van der Waals surface area contributed by atoms with Crippen LogP contribution in [-0.4, -0.2) is 23.7 Å². The molecule has 0 radical (unpaired) electrons. The summed E-state index contributed by atoms with van der Waals surface area (Å²) in [5.74, 6) is 2.16. The summed E-state index contributed by atoms with van der Waals surface area (Å²) < 4.78 is 18.3. The Hall–Kier alpha value is -2.69. The van der Waals surface area contributed by atoms with E-state index in [4.69, 9.17) is 14.2 Å². The molecular formula is C17H16N2O3. The lowest BCUT2D eigenvalue weighted by Crippen LogP contribution is -1.92. The Balaban J connectivity index is 2.01. The Morgan fingerprint density at radius 2 is 1.91 bits per heavy atom. The fourth-order valence-electron chi connectivity index (χ4n) is 2.86. The van der Waals surface area contributed by atoms with Crippen molar-refractivity contribution < 1.29 is 14.2 Å². The summed E-state index contributed by atoms with van der Waals surface area (Å²) in [7, 11) is 3.60. The summed E-state index contributed by atoms with van der Waals surface area (Å²) >= 11 is 0. The van der Waals surface area contributed by atoms with E-state index in [9.17, 15) is 0 Å². The number of aromatic nitrogens is 2. The Morgan fingerprint density at radius 3 is 2.68 bits per heavy atom. The molecule has 2 heterocycles. The number of hydrogen-bond acceptors (Lipinski definition) is 4. The Labute approximate surface area is 128 Å². The largest absolute Gasteiger partial charge is 0.496 e. The van der Waals surface area contributed by atoms with Crippen molar-refractivity contribution in [1.82, 2.24) is 9.78 Å². The van der Waals surface area contributed by atoms with Crippen LogP contribution in [0.1, 0.15) is 5.56 Å². The van der Waals surface area contributed by atoms with Gasteiger partial charge >= 0.3 is 0 Å². The lowest BCUT2D eigenvalue weighted by molar-refractivity contribution is 0.174. The molecule has 0 fully saturated rings. The van der Waals surface area contributed by atoms with Gasteiger partial charge in [-0.15, -0.1) is 0 Å². The van der Waals surface area contributed by atoms with E-state index in [-0.39, 0.29) is 6.79 Å². The molecule has 1 aliphatic heterocycles. The first-order valence-electron chi connectivity index (χ1n) is 7.09. The van der Waals surface area contributed by atoms with Gasteiger partial charge in [-0.25, -0.2) is 0 Å². The van der Waals surface area contributed by atoms with E-state index in [1.54, 1.807) is 7.11 Å². The summed E-state index contributed by atoms with van der Waals surface area (Å²) in [6.45, 7) is 2.32. The zero-order valence-corrected chi connectivity index (χ0v) is 12.7. The van der Waals surface area contributed by atoms with Gasteiger partial charge in [0.25, 0.3) is 0 Å². The van der Waals surface area contributed by atoms with Gasteiger partial charge in [0.2, 0.25) is 6.79 Å². The molecule has 1 aromatic heterocycles. The molecule has 0 unspecified atom stereocenters. The highest BCUT2D eigenvalue weighted by Crippen LogP contribution is 2.43. The first-order valence-corrected chi connectivity index (χ1v) is 7.09. The summed E-state index contributed by atoms with van der Waals surface area (Å²) in [6, 6.07) is 10.1. The van der Waals surface area contributed by atoms with Gasteiger partial charge in [-0.3, -0.25) is 4.68 Å². The van der Waals surface area contributed by atoms with Crippen molar-refractivity contribution in [2.24, 2.45) is 7.05 Å². The van der Waals surface area contributed by atoms with Crippen LogP contribution in [0.5, 0.6) is 17.2 Å². The van der Waals surface area contributed by atoms with E-state index >= 15 is 0 Å². The van der Waals surface area contributed by atoms with Crippen molar-refractivity contribution in [3.63, 3.8) is 0 Å². The zero-order valence-electron chi connectivity index (χ0n) is 12.7. The summed E-state index contributed by atoms with van der Waals surface area (Å²) in [4.78, 5) is 0. The molecule has 112 valence electrons. The summed E-state index contributed by atoms with van der Waals surface area (Å²) in [5, 5.41) is 5.77. The van der Waals surface area contributed by atoms with Gasteiger partial charge < -0.3 is 14.2 Å². The number of fused-ring (bicyclic) bond motifs is 2. The number of benzene rings is 2. The van der Waals surface area contributed by atoms with Gasteiger partial charge in [0, 0.05) is 24.1 Å². The summed E-state index contributed by atoms with van der Waals surface area (Å²) in [6.07, 6.45) is 0. The second-order valence-electron chi connectivity index (χ2n) is 5.40. The average molecular weight is 296 g/mol. The molecule has 4 rings (SSSR count). The Kier molecular flexibility index (Phi) is 2.76. The average Bonchev–Trinajstić information content (AvgIpc) is 3.09. The molecule has 0 aliphatic carbocycles. The van der Waals surface area contributed by atoms with Gasteiger partial charge in [0.05, 0.1) is 12.6 Å². The van der Waals surface area contributed by atoms with Crippen LogP contribution in [0, 0.1) is 6.92 Å². The molecule has 3 aromatic rings. The van der Waals surface area contributed by atoms with E-state index in [1.165, 1.54) is 5.56 Å². The molecule has 22 heavy (non-hydrogen) atoms. The number of ether oxygens (including phenoxy) is 3. The fraction of sp³-hybridized carbons (Fsp3) is 0.235. The van der Waals surface area contributed by atoms with Crippen LogP contribution in [0.25, 0.3) is 22.2 Å². The molecule has 0 spiro atoms. The number of rotatable bonds is 2. The third-order valence-electron chi connectivity index (χ3n) is 3.96. The molecule has 1 aliphatic rings. The van der Waals surface area contributed by atoms with Crippen LogP contribution >= 0.6 is 0 Å². The maximum absolute atomic E-state index is 5.53. The first-order chi connectivity index (χ1) is 10.7. The van der Waals surface area contributed by atoms with Gasteiger partial charge in [0.1, 0.15) is 11.4 Å². The Bertz CT molecular complexity index is 883. The predicted octanol–water partition coefficient (Wildman–Crippen LogP) is 3.29. The monoisotopic (exact) mass is 296 g/mol. The first kappa shape index (κ1) is 13.0. The van der Waals surface area contributed by atoms with Crippen molar-refractivity contribution in [1.29, 1.82) is 0 Å². The maximum atomic E-state index is 5.53. The minimum Gasteiger partial charge on any atom is -0.496 e. The second-order valence-corrected chi connectivity index (χ2v) is 5.40. The van der Waals surface area contributed by atoms with Crippen LogP contribution in [0.3, 0.4) is 0 Å². The molecule has 0 saturated carbocycles. The molecule has 0 N–H and O–H groups in total. The van der Waals surface area contributed by atoms with E-state index in [1.807, 2.05) is 23.9 Å². The van der Waals surface area contributed by atoms with Crippen LogP contribution in [-0.2, 0) is 7.05 Å². The lowest BCUT2D eigenvalue weighted by Gasteiger charge is -2.08. The van der Waals surface area contributed by atoms with E-state index in [0.29, 0.717) is 5.75 Å². The van der Waals surface area contributed by atoms with Crippen molar-refractivity contribution in [2.75, 3.05) is 13.9 Å². The van der Waals surface area contributed by atoms with Gasteiger partial charge in [0.15, 0.2) is 11.5 Å². The minimum atomic E-state index is 0.240. The standard InChI is InChI=1S/C17H16N2O3/c1-10-4-5-13-11(6-10)17(18-19(13)2)12-7-15-16(22-9-21-15)8-14(12)20-3/h4-8H,9H2,1-3H3. The summed E-state index contributed by atoms with van der Waals surface area (Å²) in [5.41, 5.74) is 4.07. The number of hydrogen-bond donors (Lipinski definition) is 0. The molecule has 0 atom stereocenters. The van der Waals surface area contributed by atoms with E-state index in [2.05, 4.69) is 30.2 Å². The fourth-order valence-corrected chi connectivity index (χ4v) is 2.86. The van der Waals surface area contributed by atoms with Crippen molar-refractivity contribution in [3.8, 4) is 28.5 Å². The quantitative estimate of drug-likeness (QED) is 0.728. The lowest BCUT2D eigenvalue weighted by atomic mass is 10.0. The highest BCUT2D eigenvalue weighted by Gasteiger charge is 2.21. The van der Waals surface area contributed by atoms with Gasteiger partial charge in [-0.05, 0) is 25.1 Å². The van der Waals surface area contributed by atoms with E-state index < -0.39 is 0 Å². The molecule has 0 amide bonds. The molecule has 0 bridgehead atoms. The van der Waals surface area contributed by atoms with Crippen LogP contribution < -0.4 is 14.2 Å². The van der Waals surface area contributed by atoms with Gasteiger partial charge in [-0.1, -0.05) is 11.6 Å². The SMILES string of the molecule is COc1cc2c(cc1-c1nn(C)c3ccc(C)cc13)OCO2. The maximum Gasteiger partial charge on any atom is 0.231 e.